The largest absolute Gasteiger partial charge is 0.369 e. The van der Waals surface area contributed by atoms with Crippen molar-refractivity contribution >= 4 is 21.8 Å². The maximum atomic E-state index is 11.2. The molecule has 1 amide bonds. The highest BCUT2D eigenvalue weighted by Crippen LogP contribution is 2.37. The third kappa shape index (κ3) is 2.77. The van der Waals surface area contributed by atoms with Gasteiger partial charge in [0.1, 0.15) is 0 Å². The van der Waals surface area contributed by atoms with Crippen LogP contribution in [0.4, 0.5) is 0 Å². The summed E-state index contributed by atoms with van der Waals surface area (Å²) in [5.41, 5.74) is 8.29. The Kier molecular flexibility index (Phi) is 4.13. The number of halogens is 1. The Morgan fingerprint density at radius 2 is 1.95 bits per heavy atom. The number of fused-ring (bicyclic) bond motifs is 1. The summed E-state index contributed by atoms with van der Waals surface area (Å²) in [6, 6.07) is 7.48. The minimum atomic E-state index is -0.126. The molecule has 3 N–H and O–H groups in total. The molecule has 0 aromatic heterocycles. The van der Waals surface area contributed by atoms with Gasteiger partial charge < -0.3 is 11.1 Å². The number of benzene rings is 1. The number of carbonyl (C=O) groups excluding carboxylic acids is 1. The third-order valence-corrected chi connectivity index (χ3v) is 5.52. The molecule has 1 saturated carbocycles. The van der Waals surface area contributed by atoms with Gasteiger partial charge in [0, 0.05) is 22.5 Å². The van der Waals surface area contributed by atoms with Crippen LogP contribution in [-0.4, -0.2) is 11.9 Å². The fourth-order valence-corrected chi connectivity index (χ4v) is 4.19. The maximum Gasteiger partial charge on any atom is 0.220 e. The zero-order valence-corrected chi connectivity index (χ0v) is 13.2. The lowest BCUT2D eigenvalue weighted by Crippen LogP contribution is -2.38. The molecule has 1 aromatic carbocycles. The van der Waals surface area contributed by atoms with E-state index < -0.39 is 0 Å². The van der Waals surface area contributed by atoms with Crippen LogP contribution in [0.1, 0.15) is 49.3 Å². The Labute approximate surface area is 128 Å². The molecule has 0 bridgehead atoms. The van der Waals surface area contributed by atoms with E-state index in [2.05, 4.69) is 39.4 Å². The van der Waals surface area contributed by atoms with Gasteiger partial charge in [-0.3, -0.25) is 4.79 Å². The Hall–Kier alpha value is -0.870. The molecule has 3 nitrogen and oxygen atoms in total. The minimum absolute atomic E-state index is 0.0954. The van der Waals surface area contributed by atoms with Crippen LogP contribution in [0.3, 0.4) is 0 Å². The van der Waals surface area contributed by atoms with E-state index in [9.17, 15) is 4.79 Å². The van der Waals surface area contributed by atoms with Crippen LogP contribution >= 0.6 is 15.9 Å². The molecule has 0 aliphatic heterocycles. The van der Waals surface area contributed by atoms with Crippen LogP contribution < -0.4 is 11.1 Å². The summed E-state index contributed by atoms with van der Waals surface area (Å²) in [5.74, 6) is -0.0309. The highest BCUT2D eigenvalue weighted by molar-refractivity contribution is 9.10. The number of nitrogens with two attached hydrogens (primary N) is 1. The number of nitrogens with one attached hydrogen (secondary N) is 1. The van der Waals surface area contributed by atoms with Gasteiger partial charge in [0.25, 0.3) is 0 Å². The van der Waals surface area contributed by atoms with E-state index in [1.807, 2.05) is 0 Å². The quantitative estimate of drug-likeness (QED) is 0.891. The maximum absolute atomic E-state index is 11.2. The average molecular weight is 337 g/mol. The van der Waals surface area contributed by atoms with Gasteiger partial charge >= 0.3 is 0 Å². The monoisotopic (exact) mass is 336 g/mol. The molecule has 0 spiro atoms. The first kappa shape index (κ1) is 14.1. The lowest BCUT2D eigenvalue weighted by atomic mass is 9.85. The first-order chi connectivity index (χ1) is 9.65. The highest BCUT2D eigenvalue weighted by atomic mass is 79.9. The van der Waals surface area contributed by atoms with E-state index in [-0.39, 0.29) is 11.8 Å². The van der Waals surface area contributed by atoms with Crippen LogP contribution in [0.5, 0.6) is 0 Å². The van der Waals surface area contributed by atoms with Crippen LogP contribution in [-0.2, 0) is 11.2 Å². The van der Waals surface area contributed by atoms with Crippen molar-refractivity contribution < 1.29 is 4.79 Å². The number of hydrogen-bond donors (Lipinski definition) is 2. The van der Waals surface area contributed by atoms with E-state index in [0.29, 0.717) is 12.1 Å². The van der Waals surface area contributed by atoms with Gasteiger partial charge in [-0.25, -0.2) is 0 Å². The zero-order chi connectivity index (χ0) is 14.1. The molecule has 0 radical (unpaired) electrons. The minimum Gasteiger partial charge on any atom is -0.369 e. The van der Waals surface area contributed by atoms with Crippen LogP contribution in [0.25, 0.3) is 0 Å². The molecule has 4 heteroatoms. The first-order valence-corrected chi connectivity index (χ1v) is 8.27. The van der Waals surface area contributed by atoms with Crippen molar-refractivity contribution in [2.24, 2.45) is 11.7 Å². The van der Waals surface area contributed by atoms with Crippen LogP contribution in [0, 0.1) is 5.92 Å². The van der Waals surface area contributed by atoms with Crippen molar-refractivity contribution in [2.75, 3.05) is 0 Å². The smallest absolute Gasteiger partial charge is 0.220 e. The second kappa shape index (κ2) is 5.86. The number of primary amides is 1. The topological polar surface area (TPSA) is 55.1 Å². The molecule has 108 valence electrons. The summed E-state index contributed by atoms with van der Waals surface area (Å²) in [6.45, 7) is 0. The molecular weight excluding hydrogens is 316 g/mol. The van der Waals surface area contributed by atoms with Crippen molar-refractivity contribution in [3.63, 3.8) is 0 Å². The standard InChI is InChI=1S/C16H21BrN2O/c17-14-3-1-2-13-12(14)8-9-15(13)19-11-6-4-10(5-7-11)16(18)20/h1-3,10-11,15,19H,4-9H2,(H2,18,20). The number of hydrogen-bond acceptors (Lipinski definition) is 2. The molecule has 1 fully saturated rings. The van der Waals surface area contributed by atoms with Crippen molar-refractivity contribution in [3.05, 3.63) is 33.8 Å². The third-order valence-electron chi connectivity index (χ3n) is 4.78. The predicted molar refractivity (Wildman–Crippen MR) is 83.3 cm³/mol. The Morgan fingerprint density at radius 1 is 1.20 bits per heavy atom. The zero-order valence-electron chi connectivity index (χ0n) is 11.6. The summed E-state index contributed by atoms with van der Waals surface area (Å²) in [6.07, 6.45) is 6.32. The fraction of sp³-hybridized carbons (Fsp3) is 0.562. The molecule has 20 heavy (non-hydrogen) atoms. The molecule has 1 unspecified atom stereocenters. The van der Waals surface area contributed by atoms with Gasteiger partial charge in [-0.2, -0.15) is 0 Å². The Bertz CT molecular complexity index is 509. The van der Waals surface area contributed by atoms with Gasteiger partial charge in [-0.15, -0.1) is 0 Å². The van der Waals surface area contributed by atoms with Crippen molar-refractivity contribution in [3.8, 4) is 0 Å². The number of rotatable bonds is 3. The molecule has 1 aromatic rings. The van der Waals surface area contributed by atoms with Crippen LogP contribution in [0.2, 0.25) is 0 Å². The summed E-state index contributed by atoms with van der Waals surface area (Å²) < 4.78 is 1.23. The normalized spacial score (nSPS) is 29.1. The van der Waals surface area contributed by atoms with Crippen molar-refractivity contribution in [1.29, 1.82) is 0 Å². The first-order valence-electron chi connectivity index (χ1n) is 7.48. The van der Waals surface area contributed by atoms with E-state index >= 15 is 0 Å². The van der Waals surface area contributed by atoms with Crippen LogP contribution in [0.15, 0.2) is 22.7 Å². The number of amides is 1. The molecule has 0 heterocycles. The summed E-state index contributed by atoms with van der Waals surface area (Å²) in [5, 5.41) is 3.79. The summed E-state index contributed by atoms with van der Waals surface area (Å²) in [4.78, 5) is 11.2. The number of carbonyl (C=O) groups is 1. The summed E-state index contributed by atoms with van der Waals surface area (Å²) in [7, 11) is 0. The second-order valence-corrected chi connectivity index (χ2v) is 6.87. The van der Waals surface area contributed by atoms with E-state index in [4.69, 9.17) is 5.73 Å². The SMILES string of the molecule is NC(=O)C1CCC(NC2CCc3c(Br)cccc32)CC1. The molecule has 1 atom stereocenters. The van der Waals surface area contributed by atoms with Gasteiger partial charge in [-0.1, -0.05) is 28.1 Å². The average Bonchev–Trinajstić information content (AvgIpc) is 2.84. The lowest BCUT2D eigenvalue weighted by Gasteiger charge is -2.30. The van der Waals surface area contributed by atoms with E-state index in [0.717, 1.165) is 32.1 Å². The van der Waals surface area contributed by atoms with Gasteiger partial charge in [-0.05, 0) is 55.7 Å². The molecule has 2 aliphatic rings. The van der Waals surface area contributed by atoms with Crippen molar-refractivity contribution in [1.82, 2.24) is 5.32 Å². The van der Waals surface area contributed by atoms with E-state index in [1.165, 1.54) is 22.0 Å². The second-order valence-electron chi connectivity index (χ2n) is 6.02. The molecule has 0 saturated heterocycles. The Morgan fingerprint density at radius 3 is 2.65 bits per heavy atom. The molecule has 2 aliphatic carbocycles. The highest BCUT2D eigenvalue weighted by Gasteiger charge is 2.29. The van der Waals surface area contributed by atoms with Gasteiger partial charge in [0.05, 0.1) is 0 Å². The van der Waals surface area contributed by atoms with E-state index in [1.54, 1.807) is 0 Å². The van der Waals surface area contributed by atoms with Crippen molar-refractivity contribution in [2.45, 2.75) is 50.6 Å². The Balaban J connectivity index is 1.61. The van der Waals surface area contributed by atoms with Gasteiger partial charge in [0.2, 0.25) is 5.91 Å². The summed E-state index contributed by atoms with van der Waals surface area (Å²) >= 11 is 3.64. The lowest BCUT2D eigenvalue weighted by molar-refractivity contribution is -0.122. The predicted octanol–water partition coefficient (Wildman–Crippen LogP) is 3.07. The molecular formula is C16H21BrN2O. The molecule has 3 rings (SSSR count). The van der Waals surface area contributed by atoms with Gasteiger partial charge in [0.15, 0.2) is 0 Å². The fourth-order valence-electron chi connectivity index (χ4n) is 3.61.